The van der Waals surface area contributed by atoms with Crippen LogP contribution in [0.1, 0.15) is 29.9 Å². The maximum absolute atomic E-state index is 4.54. The Kier molecular flexibility index (Phi) is 4.47. The molecule has 3 unspecified atom stereocenters. The molecule has 1 aliphatic carbocycles. The third kappa shape index (κ3) is 3.70. The largest absolute Gasteiger partial charge is 0.353 e. The van der Waals surface area contributed by atoms with Crippen molar-refractivity contribution >= 4 is 5.96 Å². The zero-order valence-electron chi connectivity index (χ0n) is 15.1. The van der Waals surface area contributed by atoms with Gasteiger partial charge in [0.2, 0.25) is 0 Å². The molecule has 2 fully saturated rings. The Morgan fingerprint density at radius 2 is 2.16 bits per heavy atom. The van der Waals surface area contributed by atoms with Crippen molar-refractivity contribution in [3.05, 3.63) is 53.9 Å². The van der Waals surface area contributed by atoms with E-state index in [0.29, 0.717) is 17.9 Å². The molecule has 5 heteroatoms. The Morgan fingerprint density at radius 3 is 2.88 bits per heavy atom. The van der Waals surface area contributed by atoms with Crippen molar-refractivity contribution in [2.75, 3.05) is 20.1 Å². The van der Waals surface area contributed by atoms with Crippen LogP contribution >= 0.6 is 0 Å². The van der Waals surface area contributed by atoms with Gasteiger partial charge in [0.05, 0.1) is 6.20 Å². The highest BCUT2D eigenvalue weighted by atomic mass is 15.3. The highest BCUT2D eigenvalue weighted by Crippen LogP contribution is 2.40. The second-order valence-electron chi connectivity index (χ2n) is 7.38. The molecule has 1 aromatic heterocycles. The molecule has 1 aliphatic heterocycles. The molecule has 2 aromatic rings. The predicted molar refractivity (Wildman–Crippen MR) is 101 cm³/mol. The van der Waals surface area contributed by atoms with E-state index in [1.807, 2.05) is 25.0 Å². The fourth-order valence-corrected chi connectivity index (χ4v) is 3.99. The van der Waals surface area contributed by atoms with Gasteiger partial charge in [0.25, 0.3) is 0 Å². The summed E-state index contributed by atoms with van der Waals surface area (Å²) in [7, 11) is 3.88. The maximum atomic E-state index is 4.54. The molecule has 4 rings (SSSR count). The van der Waals surface area contributed by atoms with Crippen molar-refractivity contribution in [1.29, 1.82) is 0 Å². The van der Waals surface area contributed by atoms with Gasteiger partial charge in [0.15, 0.2) is 5.96 Å². The van der Waals surface area contributed by atoms with Crippen LogP contribution in [0.3, 0.4) is 0 Å². The SMILES string of the molecule is CN=C(NC1CC1c1ccccc1)N1CCC(Cc2cnn(C)c2)C1. The molecule has 132 valence electrons. The summed E-state index contributed by atoms with van der Waals surface area (Å²) < 4.78 is 1.89. The molecule has 0 bridgehead atoms. The Balaban J connectivity index is 1.31. The summed E-state index contributed by atoms with van der Waals surface area (Å²) in [4.78, 5) is 6.96. The first-order valence-corrected chi connectivity index (χ1v) is 9.23. The minimum Gasteiger partial charge on any atom is -0.353 e. The molecule has 25 heavy (non-hydrogen) atoms. The molecule has 1 saturated carbocycles. The van der Waals surface area contributed by atoms with E-state index in [1.54, 1.807) is 0 Å². The van der Waals surface area contributed by atoms with E-state index < -0.39 is 0 Å². The Bertz CT molecular complexity index is 736. The van der Waals surface area contributed by atoms with E-state index in [0.717, 1.165) is 25.5 Å². The number of rotatable bonds is 4. The van der Waals surface area contributed by atoms with Gasteiger partial charge in [0, 0.05) is 45.3 Å². The molecule has 1 saturated heterocycles. The average Bonchev–Trinajstić information content (AvgIpc) is 3.04. The molecule has 2 aliphatic rings. The first kappa shape index (κ1) is 16.2. The lowest BCUT2D eigenvalue weighted by Crippen LogP contribution is -2.41. The number of likely N-dealkylation sites (tertiary alicyclic amines) is 1. The summed E-state index contributed by atoms with van der Waals surface area (Å²) in [6, 6.07) is 11.3. The zero-order valence-corrected chi connectivity index (χ0v) is 15.1. The zero-order chi connectivity index (χ0) is 17.2. The molecule has 1 N–H and O–H groups in total. The van der Waals surface area contributed by atoms with Crippen LogP contribution in [0, 0.1) is 5.92 Å². The lowest BCUT2D eigenvalue weighted by atomic mass is 10.0. The molecule has 0 spiro atoms. The van der Waals surface area contributed by atoms with Crippen molar-refractivity contribution in [2.45, 2.75) is 31.2 Å². The van der Waals surface area contributed by atoms with Crippen molar-refractivity contribution in [3.8, 4) is 0 Å². The number of guanidine groups is 1. The van der Waals surface area contributed by atoms with Crippen molar-refractivity contribution in [2.24, 2.45) is 18.0 Å². The van der Waals surface area contributed by atoms with Gasteiger partial charge >= 0.3 is 0 Å². The van der Waals surface area contributed by atoms with E-state index in [2.05, 4.69) is 56.8 Å². The predicted octanol–water partition coefficient (Wildman–Crippen LogP) is 2.42. The third-order valence-electron chi connectivity index (χ3n) is 5.41. The molecule has 1 aromatic carbocycles. The molecular weight excluding hydrogens is 310 g/mol. The number of nitrogens with one attached hydrogen (secondary N) is 1. The molecule has 5 nitrogen and oxygen atoms in total. The van der Waals surface area contributed by atoms with Crippen molar-refractivity contribution in [1.82, 2.24) is 20.0 Å². The van der Waals surface area contributed by atoms with E-state index in [9.17, 15) is 0 Å². The lowest BCUT2D eigenvalue weighted by Gasteiger charge is -2.22. The van der Waals surface area contributed by atoms with Gasteiger partial charge in [-0.05, 0) is 36.3 Å². The quantitative estimate of drug-likeness (QED) is 0.688. The van der Waals surface area contributed by atoms with Gasteiger partial charge in [-0.25, -0.2) is 0 Å². The van der Waals surface area contributed by atoms with Gasteiger partial charge in [0.1, 0.15) is 0 Å². The van der Waals surface area contributed by atoms with Crippen LogP contribution in [0.25, 0.3) is 0 Å². The van der Waals surface area contributed by atoms with E-state index in [1.165, 1.54) is 24.0 Å². The number of aromatic nitrogens is 2. The monoisotopic (exact) mass is 337 g/mol. The topological polar surface area (TPSA) is 45.5 Å². The van der Waals surface area contributed by atoms with Crippen molar-refractivity contribution in [3.63, 3.8) is 0 Å². The second kappa shape index (κ2) is 6.90. The average molecular weight is 337 g/mol. The van der Waals surface area contributed by atoms with E-state index >= 15 is 0 Å². The summed E-state index contributed by atoms with van der Waals surface area (Å²) in [6.07, 6.45) is 7.66. The number of hydrogen-bond acceptors (Lipinski definition) is 2. The van der Waals surface area contributed by atoms with Crippen LogP contribution in [0.5, 0.6) is 0 Å². The highest BCUT2D eigenvalue weighted by Gasteiger charge is 2.40. The minimum atomic E-state index is 0.526. The fraction of sp³-hybridized carbons (Fsp3) is 0.500. The summed E-state index contributed by atoms with van der Waals surface area (Å²) in [6.45, 7) is 2.17. The second-order valence-corrected chi connectivity index (χ2v) is 7.38. The highest BCUT2D eigenvalue weighted by molar-refractivity contribution is 5.81. The third-order valence-corrected chi connectivity index (χ3v) is 5.41. The van der Waals surface area contributed by atoms with Gasteiger partial charge in [-0.3, -0.25) is 9.67 Å². The van der Waals surface area contributed by atoms with Crippen LogP contribution < -0.4 is 5.32 Å². The van der Waals surface area contributed by atoms with Gasteiger partial charge in [-0.1, -0.05) is 30.3 Å². The standard InChI is InChI=1S/C20H27N5/c1-21-20(23-19-11-18(19)17-6-4-3-5-7-17)25-9-8-15(14-25)10-16-12-22-24(2)13-16/h3-7,12-13,15,18-19H,8-11,14H2,1-2H3,(H,21,23). The Morgan fingerprint density at radius 1 is 1.32 bits per heavy atom. The Labute approximate surface area is 149 Å². The van der Waals surface area contributed by atoms with Gasteiger partial charge in [-0.2, -0.15) is 5.10 Å². The number of aliphatic imine (C=N–C) groups is 1. The number of aryl methyl sites for hydroxylation is 1. The van der Waals surface area contributed by atoms with Crippen LogP contribution in [0.15, 0.2) is 47.7 Å². The number of hydrogen-bond donors (Lipinski definition) is 1. The maximum Gasteiger partial charge on any atom is 0.193 e. The van der Waals surface area contributed by atoms with Crippen LogP contribution in [-0.2, 0) is 13.5 Å². The molecule has 0 amide bonds. The summed E-state index contributed by atoms with van der Waals surface area (Å²) in [5, 5.41) is 7.96. The molecule has 3 atom stereocenters. The smallest absolute Gasteiger partial charge is 0.193 e. The summed E-state index contributed by atoms with van der Waals surface area (Å²) in [5.41, 5.74) is 2.77. The van der Waals surface area contributed by atoms with Gasteiger partial charge in [-0.15, -0.1) is 0 Å². The fourth-order valence-electron chi connectivity index (χ4n) is 3.99. The van der Waals surface area contributed by atoms with Crippen LogP contribution in [-0.4, -0.2) is 46.8 Å². The summed E-state index contributed by atoms with van der Waals surface area (Å²) >= 11 is 0. The normalized spacial score (nSPS) is 26.1. The first-order valence-electron chi connectivity index (χ1n) is 9.23. The first-order chi connectivity index (χ1) is 12.2. The van der Waals surface area contributed by atoms with Gasteiger partial charge < -0.3 is 10.2 Å². The molecule has 0 radical (unpaired) electrons. The summed E-state index contributed by atoms with van der Waals surface area (Å²) in [5.74, 6) is 2.38. The van der Waals surface area contributed by atoms with E-state index in [4.69, 9.17) is 0 Å². The number of nitrogens with zero attached hydrogens (tertiary/aromatic N) is 4. The minimum absolute atomic E-state index is 0.526. The number of benzene rings is 1. The Hall–Kier alpha value is -2.30. The van der Waals surface area contributed by atoms with E-state index in [-0.39, 0.29) is 0 Å². The van der Waals surface area contributed by atoms with Crippen molar-refractivity contribution < 1.29 is 0 Å². The lowest BCUT2D eigenvalue weighted by molar-refractivity contribution is 0.459. The van der Waals surface area contributed by atoms with Crippen LogP contribution in [0.2, 0.25) is 0 Å². The molecule has 2 heterocycles. The molecular formula is C20H27N5. The van der Waals surface area contributed by atoms with Crippen LogP contribution in [0.4, 0.5) is 0 Å².